The summed E-state index contributed by atoms with van der Waals surface area (Å²) >= 11 is 0. The average molecular weight is 476 g/mol. The summed E-state index contributed by atoms with van der Waals surface area (Å²) in [7, 11) is 0. The molecule has 0 bridgehead atoms. The van der Waals surface area contributed by atoms with E-state index >= 15 is 0 Å². The first kappa shape index (κ1) is 24.5. The number of nitrogens with one attached hydrogen (secondary N) is 2. The Kier molecular flexibility index (Phi) is 8.89. The number of hydrogen-bond donors (Lipinski definition) is 2. The number of rotatable bonds is 6. The molecular weight excluding hydrogens is 442 g/mol. The van der Waals surface area contributed by atoms with Crippen LogP contribution in [0.1, 0.15) is 40.7 Å². The molecule has 0 saturated heterocycles. The first-order chi connectivity index (χ1) is 17.2. The maximum Gasteiger partial charge on any atom is 0.251 e. The maximum atomic E-state index is 12.8. The number of ether oxygens (including phenoxy) is 1. The summed E-state index contributed by atoms with van der Waals surface area (Å²) in [6.45, 7) is 3.89. The molecule has 1 aromatic heterocycles. The topological polar surface area (TPSA) is 88.5 Å². The van der Waals surface area contributed by atoms with Crippen molar-refractivity contribution in [1.82, 2.24) is 25.1 Å². The molecule has 0 unspecified atom stereocenters. The van der Waals surface area contributed by atoms with Crippen molar-refractivity contribution < 1.29 is 14.3 Å². The van der Waals surface area contributed by atoms with Crippen LogP contribution in [0.2, 0.25) is 0 Å². The molecule has 2 N–H and O–H groups in total. The number of amides is 2. The van der Waals surface area contributed by atoms with E-state index in [0.717, 1.165) is 30.4 Å². The average Bonchev–Trinajstić information content (AvgIpc) is 3.38. The van der Waals surface area contributed by atoms with E-state index in [4.69, 9.17) is 4.74 Å². The lowest BCUT2D eigenvalue weighted by molar-refractivity contribution is -0.122. The van der Waals surface area contributed by atoms with Gasteiger partial charge >= 0.3 is 0 Å². The van der Waals surface area contributed by atoms with Gasteiger partial charge in [-0.3, -0.25) is 14.5 Å². The molecule has 0 radical (unpaired) electrons. The van der Waals surface area contributed by atoms with Crippen molar-refractivity contribution in [2.45, 2.75) is 38.9 Å². The highest BCUT2D eigenvalue weighted by atomic mass is 16.5. The second kappa shape index (κ2) is 12.7. The minimum atomic E-state index is -0.139. The summed E-state index contributed by atoms with van der Waals surface area (Å²) in [4.78, 5) is 31.5. The quantitative estimate of drug-likeness (QED) is 0.572. The van der Waals surface area contributed by atoms with E-state index in [1.165, 1.54) is 0 Å². The third kappa shape index (κ3) is 7.68. The Hall–Kier alpha value is -3.65. The van der Waals surface area contributed by atoms with Gasteiger partial charge in [0.05, 0.1) is 19.5 Å². The molecule has 2 heterocycles. The van der Waals surface area contributed by atoms with E-state index in [-0.39, 0.29) is 11.8 Å². The van der Waals surface area contributed by atoms with Crippen molar-refractivity contribution in [2.24, 2.45) is 0 Å². The summed E-state index contributed by atoms with van der Waals surface area (Å²) < 4.78 is 8.08. The smallest absolute Gasteiger partial charge is 0.251 e. The van der Waals surface area contributed by atoms with E-state index in [9.17, 15) is 9.59 Å². The van der Waals surface area contributed by atoms with Crippen LogP contribution in [0.15, 0.2) is 67.3 Å². The molecule has 1 aliphatic rings. The number of nitrogens with zero attached hydrogens (tertiary/aromatic N) is 3. The number of fused-ring (bicyclic) bond motifs is 1. The van der Waals surface area contributed by atoms with Gasteiger partial charge in [-0.1, -0.05) is 36.4 Å². The highest BCUT2D eigenvalue weighted by molar-refractivity contribution is 5.94. The fraction of sp³-hybridized carbons (Fsp3) is 0.370. The predicted octanol–water partition coefficient (Wildman–Crippen LogP) is 2.99. The molecule has 0 atom stereocenters. The Labute approximate surface area is 206 Å². The fourth-order valence-electron chi connectivity index (χ4n) is 4.10. The van der Waals surface area contributed by atoms with Gasteiger partial charge in [0, 0.05) is 56.2 Å². The highest BCUT2D eigenvalue weighted by Crippen LogP contribution is 2.24. The molecule has 2 aromatic carbocycles. The van der Waals surface area contributed by atoms with Crippen LogP contribution in [-0.4, -0.2) is 52.5 Å². The van der Waals surface area contributed by atoms with Crippen LogP contribution in [0.4, 0.5) is 0 Å². The Balaban J connectivity index is 1.50. The normalized spacial score (nSPS) is 15.5. The lowest BCUT2D eigenvalue weighted by atomic mass is 10.1. The summed E-state index contributed by atoms with van der Waals surface area (Å²) in [5, 5.41) is 6.00. The van der Waals surface area contributed by atoms with Crippen LogP contribution in [0.5, 0.6) is 5.75 Å². The summed E-state index contributed by atoms with van der Waals surface area (Å²) in [6, 6.07) is 15.7. The standard InChI is InChI=1S/C27H33N5O3/c33-26-20-32(18-22-7-3-1-4-8-22)19-24-10-9-23(17-25(24)35-16-6-2-5-11-29-26)27(34)30-13-15-31-14-12-28-21-31/h1,3-4,7-10,12,14,17,21H,2,5-6,11,13,15-16,18-20H2,(H,29,33)(H,30,34). The Morgan fingerprint density at radius 3 is 2.80 bits per heavy atom. The minimum Gasteiger partial charge on any atom is -0.493 e. The summed E-state index contributed by atoms with van der Waals surface area (Å²) in [5.41, 5.74) is 2.66. The molecule has 0 saturated carbocycles. The SMILES string of the molecule is O=C1CN(Cc2ccccc2)Cc2ccc(C(=O)NCCn3ccnc3)cc2OCCCCCN1. The van der Waals surface area contributed by atoms with Crippen LogP contribution >= 0.6 is 0 Å². The van der Waals surface area contributed by atoms with Gasteiger partial charge in [-0.2, -0.15) is 0 Å². The van der Waals surface area contributed by atoms with Gasteiger partial charge in [-0.05, 0) is 37.0 Å². The first-order valence-corrected chi connectivity index (χ1v) is 12.2. The second-order valence-electron chi connectivity index (χ2n) is 8.77. The van der Waals surface area contributed by atoms with Crippen LogP contribution in [0.25, 0.3) is 0 Å². The molecule has 8 heteroatoms. The fourth-order valence-corrected chi connectivity index (χ4v) is 4.10. The van der Waals surface area contributed by atoms with E-state index in [1.54, 1.807) is 12.5 Å². The third-order valence-corrected chi connectivity index (χ3v) is 5.96. The molecule has 1 aliphatic heterocycles. The van der Waals surface area contributed by atoms with Gasteiger partial charge in [0.2, 0.25) is 5.91 Å². The monoisotopic (exact) mass is 475 g/mol. The molecular formula is C27H33N5O3. The number of aromatic nitrogens is 2. The third-order valence-electron chi connectivity index (χ3n) is 5.96. The molecule has 0 aliphatic carbocycles. The number of carbonyl (C=O) groups is 2. The van der Waals surface area contributed by atoms with Crippen LogP contribution in [0, 0.1) is 0 Å². The van der Waals surface area contributed by atoms with E-state index in [0.29, 0.717) is 57.2 Å². The Morgan fingerprint density at radius 1 is 1.09 bits per heavy atom. The van der Waals surface area contributed by atoms with Crippen LogP contribution in [0.3, 0.4) is 0 Å². The van der Waals surface area contributed by atoms with Crippen LogP contribution in [-0.2, 0) is 24.4 Å². The second-order valence-corrected chi connectivity index (χ2v) is 8.77. The predicted molar refractivity (Wildman–Crippen MR) is 134 cm³/mol. The lowest BCUT2D eigenvalue weighted by Gasteiger charge is -2.23. The Bertz CT molecular complexity index is 1090. The van der Waals surface area contributed by atoms with Crippen molar-refractivity contribution in [3.8, 4) is 5.75 Å². The molecule has 0 spiro atoms. The molecule has 0 fully saturated rings. The van der Waals surface area contributed by atoms with Crippen molar-refractivity contribution in [3.05, 3.63) is 83.9 Å². The Morgan fingerprint density at radius 2 is 1.97 bits per heavy atom. The lowest BCUT2D eigenvalue weighted by Crippen LogP contribution is -2.37. The highest BCUT2D eigenvalue weighted by Gasteiger charge is 2.17. The molecule has 3 aromatic rings. The zero-order chi connectivity index (χ0) is 24.3. The molecule has 4 rings (SSSR count). The van der Waals surface area contributed by atoms with E-state index in [2.05, 4.69) is 32.7 Å². The molecule has 35 heavy (non-hydrogen) atoms. The zero-order valence-corrected chi connectivity index (χ0v) is 20.0. The minimum absolute atomic E-state index is 0.0246. The summed E-state index contributed by atoms with van der Waals surface area (Å²) in [6.07, 6.45) is 8.09. The van der Waals surface area contributed by atoms with Crippen molar-refractivity contribution in [3.63, 3.8) is 0 Å². The van der Waals surface area contributed by atoms with Gasteiger partial charge in [0.1, 0.15) is 5.75 Å². The molecule has 2 amide bonds. The maximum absolute atomic E-state index is 12.8. The van der Waals surface area contributed by atoms with E-state index in [1.807, 2.05) is 47.2 Å². The van der Waals surface area contributed by atoms with E-state index < -0.39 is 0 Å². The number of benzene rings is 2. The number of imidazole rings is 1. The van der Waals surface area contributed by atoms with Gasteiger partial charge in [0.25, 0.3) is 5.91 Å². The number of hydrogen-bond acceptors (Lipinski definition) is 5. The van der Waals surface area contributed by atoms with Gasteiger partial charge in [-0.15, -0.1) is 0 Å². The van der Waals surface area contributed by atoms with Gasteiger partial charge < -0.3 is 19.9 Å². The van der Waals surface area contributed by atoms with Crippen LogP contribution < -0.4 is 15.4 Å². The number of carbonyl (C=O) groups excluding carboxylic acids is 2. The first-order valence-electron chi connectivity index (χ1n) is 12.2. The molecule has 184 valence electrons. The van der Waals surface area contributed by atoms with Crippen molar-refractivity contribution in [1.29, 1.82) is 0 Å². The zero-order valence-electron chi connectivity index (χ0n) is 20.0. The largest absolute Gasteiger partial charge is 0.493 e. The van der Waals surface area contributed by atoms with Crippen molar-refractivity contribution >= 4 is 11.8 Å². The molecule has 8 nitrogen and oxygen atoms in total. The van der Waals surface area contributed by atoms with Gasteiger partial charge in [0.15, 0.2) is 0 Å². The van der Waals surface area contributed by atoms with Crippen molar-refractivity contribution in [2.75, 3.05) is 26.2 Å². The van der Waals surface area contributed by atoms with Gasteiger partial charge in [-0.25, -0.2) is 4.98 Å². The summed E-state index contributed by atoms with van der Waals surface area (Å²) in [5.74, 6) is 0.585.